The highest BCUT2D eigenvalue weighted by atomic mass is 19.1. The van der Waals surface area contributed by atoms with Gasteiger partial charge in [-0.05, 0) is 31.5 Å². The van der Waals surface area contributed by atoms with Gasteiger partial charge >= 0.3 is 0 Å². The molecule has 16 heavy (non-hydrogen) atoms. The molecule has 1 unspecified atom stereocenters. The number of benzene rings is 1. The largest absolute Gasteiger partial charge is 0.485 e. The second-order valence-corrected chi connectivity index (χ2v) is 3.75. The van der Waals surface area contributed by atoms with E-state index in [1.165, 1.54) is 12.1 Å². The number of halogens is 1. The predicted octanol–water partition coefficient (Wildman–Crippen LogP) is 2.29. The molecule has 0 bridgehead atoms. The van der Waals surface area contributed by atoms with E-state index in [-0.39, 0.29) is 11.9 Å². The van der Waals surface area contributed by atoms with E-state index in [0.29, 0.717) is 12.2 Å². The number of hydrogen-bond acceptors (Lipinski definition) is 3. The van der Waals surface area contributed by atoms with E-state index in [9.17, 15) is 9.50 Å². The van der Waals surface area contributed by atoms with Crippen LogP contribution in [0.1, 0.15) is 25.5 Å². The van der Waals surface area contributed by atoms with Crippen LogP contribution in [0.15, 0.2) is 18.2 Å². The van der Waals surface area contributed by atoms with E-state index in [0.717, 1.165) is 0 Å². The monoisotopic (exact) mass is 228 g/mol. The molecule has 0 aliphatic carbocycles. The van der Waals surface area contributed by atoms with E-state index < -0.39 is 11.9 Å². The summed E-state index contributed by atoms with van der Waals surface area (Å²) >= 11 is 0. The lowest BCUT2D eigenvalue weighted by molar-refractivity contribution is 0.0892. The number of ether oxygens (including phenoxy) is 2. The van der Waals surface area contributed by atoms with Crippen molar-refractivity contribution < 1.29 is 19.0 Å². The van der Waals surface area contributed by atoms with Gasteiger partial charge in [0.2, 0.25) is 0 Å². The maximum atomic E-state index is 13.5. The minimum absolute atomic E-state index is 0.175. The molecule has 1 aromatic rings. The first-order valence-electron chi connectivity index (χ1n) is 5.17. The Kier molecular flexibility index (Phi) is 4.71. The number of rotatable bonds is 5. The van der Waals surface area contributed by atoms with E-state index >= 15 is 0 Å². The lowest BCUT2D eigenvalue weighted by Crippen LogP contribution is -2.18. The van der Waals surface area contributed by atoms with Crippen molar-refractivity contribution in [2.75, 3.05) is 13.7 Å². The average Bonchev–Trinajstić information content (AvgIpc) is 2.21. The number of methoxy groups -OCH3 is 1. The summed E-state index contributed by atoms with van der Waals surface area (Å²) in [5.41, 5.74) is 0.532. The van der Waals surface area contributed by atoms with Crippen LogP contribution in [0.5, 0.6) is 5.75 Å². The van der Waals surface area contributed by atoms with Crippen LogP contribution in [0.3, 0.4) is 0 Å². The summed E-state index contributed by atoms with van der Waals surface area (Å²) in [4.78, 5) is 0. The zero-order valence-electron chi connectivity index (χ0n) is 9.74. The normalized spacial score (nSPS) is 14.6. The molecule has 0 aromatic heterocycles. The lowest BCUT2D eigenvalue weighted by Gasteiger charge is -2.15. The Morgan fingerprint density at radius 2 is 2.06 bits per heavy atom. The molecule has 0 aliphatic rings. The maximum absolute atomic E-state index is 13.5. The molecule has 0 fully saturated rings. The molecule has 0 radical (unpaired) electrons. The van der Waals surface area contributed by atoms with Gasteiger partial charge in [-0.2, -0.15) is 0 Å². The van der Waals surface area contributed by atoms with Gasteiger partial charge in [-0.1, -0.05) is 6.07 Å². The van der Waals surface area contributed by atoms with E-state index in [4.69, 9.17) is 9.47 Å². The molecule has 3 nitrogen and oxygen atoms in total. The van der Waals surface area contributed by atoms with Crippen LogP contribution in [-0.4, -0.2) is 24.9 Å². The van der Waals surface area contributed by atoms with Crippen molar-refractivity contribution in [1.29, 1.82) is 0 Å². The third kappa shape index (κ3) is 3.47. The van der Waals surface area contributed by atoms with Gasteiger partial charge < -0.3 is 14.6 Å². The summed E-state index contributed by atoms with van der Waals surface area (Å²) < 4.78 is 23.8. The Hall–Kier alpha value is -1.13. The highest BCUT2D eigenvalue weighted by molar-refractivity contribution is 5.30. The standard InChI is InChI=1S/C12H17FO3/c1-8(7-15-3)16-12-5-4-10(9(2)14)6-11(12)13/h4-6,8-9,14H,7H2,1-3H3/t8?,9-/m1/s1. The fraction of sp³-hybridized carbons (Fsp3) is 0.500. The van der Waals surface area contributed by atoms with Crippen molar-refractivity contribution >= 4 is 0 Å². The zero-order chi connectivity index (χ0) is 12.1. The van der Waals surface area contributed by atoms with Gasteiger partial charge in [0.05, 0.1) is 12.7 Å². The maximum Gasteiger partial charge on any atom is 0.165 e. The van der Waals surface area contributed by atoms with Crippen molar-refractivity contribution in [2.24, 2.45) is 0 Å². The van der Waals surface area contributed by atoms with Gasteiger partial charge in [-0.25, -0.2) is 4.39 Å². The minimum Gasteiger partial charge on any atom is -0.485 e. The molecule has 0 saturated heterocycles. The Morgan fingerprint density at radius 3 is 2.56 bits per heavy atom. The number of aliphatic hydroxyl groups is 1. The molecule has 90 valence electrons. The summed E-state index contributed by atoms with van der Waals surface area (Å²) in [7, 11) is 1.56. The first-order valence-corrected chi connectivity index (χ1v) is 5.17. The van der Waals surface area contributed by atoms with Crippen LogP contribution >= 0.6 is 0 Å². The Bertz CT molecular complexity index is 339. The predicted molar refractivity (Wildman–Crippen MR) is 59.0 cm³/mol. The molecule has 0 spiro atoms. The number of hydrogen-bond donors (Lipinski definition) is 1. The van der Waals surface area contributed by atoms with Crippen molar-refractivity contribution in [3.63, 3.8) is 0 Å². The van der Waals surface area contributed by atoms with Gasteiger partial charge in [0.1, 0.15) is 6.10 Å². The van der Waals surface area contributed by atoms with Crippen molar-refractivity contribution in [3.05, 3.63) is 29.6 Å². The third-order valence-corrected chi connectivity index (χ3v) is 2.17. The Labute approximate surface area is 94.8 Å². The molecule has 0 amide bonds. The van der Waals surface area contributed by atoms with Crippen LogP contribution in [-0.2, 0) is 4.74 Å². The molecular formula is C12H17FO3. The highest BCUT2D eigenvalue weighted by Crippen LogP contribution is 2.22. The topological polar surface area (TPSA) is 38.7 Å². The van der Waals surface area contributed by atoms with Gasteiger partial charge in [0.15, 0.2) is 11.6 Å². The quantitative estimate of drug-likeness (QED) is 0.840. The summed E-state index contributed by atoms with van der Waals surface area (Å²) in [5.74, 6) is -0.296. The first kappa shape index (κ1) is 12.9. The smallest absolute Gasteiger partial charge is 0.165 e. The molecule has 1 N–H and O–H groups in total. The highest BCUT2D eigenvalue weighted by Gasteiger charge is 2.10. The van der Waals surface area contributed by atoms with Crippen LogP contribution in [0.25, 0.3) is 0 Å². The van der Waals surface area contributed by atoms with Crippen LogP contribution < -0.4 is 4.74 Å². The summed E-state index contributed by atoms with van der Waals surface area (Å²) in [6.07, 6.45) is -0.892. The van der Waals surface area contributed by atoms with Crippen molar-refractivity contribution in [2.45, 2.75) is 26.1 Å². The fourth-order valence-corrected chi connectivity index (χ4v) is 1.36. The van der Waals surface area contributed by atoms with E-state index in [2.05, 4.69) is 0 Å². The zero-order valence-corrected chi connectivity index (χ0v) is 9.74. The molecule has 4 heteroatoms. The average molecular weight is 228 g/mol. The Morgan fingerprint density at radius 1 is 1.38 bits per heavy atom. The second kappa shape index (κ2) is 5.82. The van der Waals surface area contributed by atoms with Gasteiger partial charge in [0.25, 0.3) is 0 Å². The lowest BCUT2D eigenvalue weighted by atomic mass is 10.1. The summed E-state index contributed by atoms with van der Waals surface area (Å²) in [6.45, 7) is 3.78. The molecule has 0 aliphatic heterocycles. The Balaban J connectivity index is 2.75. The van der Waals surface area contributed by atoms with Gasteiger partial charge in [-0.15, -0.1) is 0 Å². The molecule has 0 heterocycles. The molecule has 0 saturated carbocycles. The first-order chi connectivity index (χ1) is 7.54. The third-order valence-electron chi connectivity index (χ3n) is 2.17. The van der Waals surface area contributed by atoms with Crippen molar-refractivity contribution in [3.8, 4) is 5.75 Å². The molecule has 2 atom stereocenters. The molecular weight excluding hydrogens is 211 g/mol. The van der Waals surface area contributed by atoms with E-state index in [1.807, 2.05) is 0 Å². The van der Waals surface area contributed by atoms with Crippen LogP contribution in [0.4, 0.5) is 4.39 Å². The van der Waals surface area contributed by atoms with Crippen molar-refractivity contribution in [1.82, 2.24) is 0 Å². The molecule has 1 rings (SSSR count). The van der Waals surface area contributed by atoms with Crippen LogP contribution in [0.2, 0.25) is 0 Å². The SMILES string of the molecule is COCC(C)Oc1ccc([C@@H](C)O)cc1F. The molecule has 1 aromatic carbocycles. The summed E-state index contributed by atoms with van der Waals surface area (Å²) in [6, 6.07) is 4.44. The van der Waals surface area contributed by atoms with Crippen LogP contribution in [0, 0.1) is 5.82 Å². The van der Waals surface area contributed by atoms with Gasteiger partial charge in [0, 0.05) is 7.11 Å². The minimum atomic E-state index is -0.681. The summed E-state index contributed by atoms with van der Waals surface area (Å²) in [5, 5.41) is 9.28. The second-order valence-electron chi connectivity index (χ2n) is 3.75. The van der Waals surface area contributed by atoms with E-state index in [1.54, 1.807) is 27.0 Å². The fourth-order valence-electron chi connectivity index (χ4n) is 1.36. The number of aliphatic hydroxyl groups excluding tert-OH is 1. The van der Waals surface area contributed by atoms with Gasteiger partial charge in [-0.3, -0.25) is 0 Å².